The molecule has 6 atom stereocenters. The SMILES string of the molecule is O=Cc1ccc(C(=O)CCCOC(OCCNC(=O)c2ccc(C=O)cc2)C(OCCNC(=O)c2ccc(C=O)cc2)C(OCCNC(=O)c2ccc(C=O)cc2)C(OCCNC(=O)c2ccc(C=O)cc2)C(OCCNC(=O)c2ccc(C=O)cc2)C(OCCCC(=O)c2ccc(C=O)cc2)OCCNC(=O)c2ccc(C=O)cc2)cc1. The molecular formula is C88H88N6O24. The topological polar surface area (TPSA) is 419 Å². The molecule has 6 amide bonds. The van der Waals surface area contributed by atoms with Crippen LogP contribution >= 0.6 is 0 Å². The zero-order valence-electron chi connectivity index (χ0n) is 64.1. The van der Waals surface area contributed by atoms with Crippen molar-refractivity contribution in [2.75, 3.05) is 92.1 Å². The molecular weight excluding hydrogens is 1520 g/mol. The normalized spacial score (nSPS) is 12.4. The number of ketones is 2. The van der Waals surface area contributed by atoms with E-state index in [1.807, 2.05) is 0 Å². The highest BCUT2D eigenvalue weighted by atomic mass is 16.7. The summed E-state index contributed by atoms with van der Waals surface area (Å²) in [6, 6.07) is 46.2. The second-order valence-corrected chi connectivity index (χ2v) is 26.1. The van der Waals surface area contributed by atoms with Crippen molar-refractivity contribution < 1.29 is 115 Å². The molecule has 0 saturated carbocycles. The zero-order chi connectivity index (χ0) is 84.2. The Morgan fingerprint density at radius 3 is 0.559 bits per heavy atom. The summed E-state index contributed by atoms with van der Waals surface area (Å²) >= 11 is 0. The van der Waals surface area contributed by atoms with E-state index in [2.05, 4.69) is 31.9 Å². The number of nitrogens with one attached hydrogen (secondary N) is 6. The van der Waals surface area contributed by atoms with E-state index in [0.29, 0.717) is 72.5 Å². The number of ether oxygens (including phenoxy) is 8. The molecule has 0 heterocycles. The highest BCUT2D eigenvalue weighted by Gasteiger charge is 2.46. The van der Waals surface area contributed by atoms with Gasteiger partial charge in [0.1, 0.15) is 74.7 Å². The molecule has 0 aliphatic carbocycles. The highest BCUT2D eigenvalue weighted by molar-refractivity contribution is 6.00. The molecule has 0 aliphatic heterocycles. The molecule has 0 fully saturated rings. The molecule has 6 unspecified atom stereocenters. The van der Waals surface area contributed by atoms with Crippen LogP contribution in [-0.2, 0) is 37.9 Å². The van der Waals surface area contributed by atoms with Gasteiger partial charge in [-0.3, -0.25) is 76.7 Å². The third-order valence-electron chi connectivity index (χ3n) is 17.9. The molecule has 30 nitrogen and oxygen atoms in total. The van der Waals surface area contributed by atoms with Gasteiger partial charge in [0.2, 0.25) is 0 Å². The van der Waals surface area contributed by atoms with E-state index >= 15 is 0 Å². The Morgan fingerprint density at radius 2 is 0.373 bits per heavy atom. The number of carbonyl (C=O) groups excluding carboxylic acids is 16. The van der Waals surface area contributed by atoms with Gasteiger partial charge in [-0.15, -0.1) is 0 Å². The monoisotopic (exact) mass is 1610 g/mol. The summed E-state index contributed by atoms with van der Waals surface area (Å²) in [4.78, 5) is 204. The number of Topliss-reactive ketones (excluding diaryl/α,β-unsaturated/α-hetero) is 2. The molecule has 0 aromatic heterocycles. The number of carbonyl (C=O) groups is 16. The van der Waals surface area contributed by atoms with Crippen LogP contribution in [0.1, 0.15) is 191 Å². The Kier molecular flexibility index (Phi) is 38.1. The van der Waals surface area contributed by atoms with Crippen molar-refractivity contribution in [2.45, 2.75) is 62.7 Å². The van der Waals surface area contributed by atoms with E-state index in [4.69, 9.17) is 37.9 Å². The third kappa shape index (κ3) is 29.4. The van der Waals surface area contributed by atoms with Crippen molar-refractivity contribution in [3.8, 4) is 0 Å². The van der Waals surface area contributed by atoms with Crippen molar-refractivity contribution in [1.29, 1.82) is 0 Å². The van der Waals surface area contributed by atoms with E-state index in [0.717, 1.165) is 0 Å². The number of hydrogen-bond donors (Lipinski definition) is 6. The van der Waals surface area contributed by atoms with Crippen LogP contribution < -0.4 is 31.9 Å². The quantitative estimate of drug-likeness (QED) is 0.00922. The molecule has 0 saturated heterocycles. The van der Waals surface area contributed by atoms with E-state index in [-0.39, 0.29) is 156 Å². The minimum Gasteiger partial charge on any atom is -0.371 e. The Labute approximate surface area is 678 Å². The van der Waals surface area contributed by atoms with Crippen LogP contribution in [0.4, 0.5) is 0 Å². The van der Waals surface area contributed by atoms with Gasteiger partial charge in [-0.1, -0.05) is 121 Å². The van der Waals surface area contributed by atoms with Gasteiger partial charge in [0.05, 0.1) is 52.9 Å². The van der Waals surface area contributed by atoms with Gasteiger partial charge in [-0.05, 0) is 85.6 Å². The summed E-state index contributed by atoms with van der Waals surface area (Å²) in [5.74, 6) is -4.36. The summed E-state index contributed by atoms with van der Waals surface area (Å²) in [6.07, 6.45) is -5.99. The molecule has 0 radical (unpaired) electrons. The van der Waals surface area contributed by atoms with Gasteiger partial charge in [0.25, 0.3) is 35.4 Å². The van der Waals surface area contributed by atoms with Crippen LogP contribution in [0.5, 0.6) is 0 Å². The lowest BCUT2D eigenvalue weighted by Crippen LogP contribution is -2.59. The number of hydrogen-bond acceptors (Lipinski definition) is 24. The fourth-order valence-electron chi connectivity index (χ4n) is 11.5. The Morgan fingerprint density at radius 1 is 0.212 bits per heavy atom. The maximum atomic E-state index is 14.0. The molecule has 0 bridgehead atoms. The average molecular weight is 1610 g/mol. The standard InChI is InChI=1S/C88H88N6O24/c95-51-59-5-21-67(22-6-59)75(103)3-1-43-115-87(117-49-41-93-85(109)73-33-17-65(57-101)18-34-73)79(113-47-39-91-83(107)71-29-13-63(55-99)14-30-71)77(111-45-37-89-81(105)69-25-9-61(53-97)10-26-69)78(112-46-38-90-82(106)70-27-11-62(54-98)12-28-70)80(114-48-40-92-84(108)72-31-15-64(56-100)16-32-72)88(116-44-2-4-76(104)68-23-7-60(52-96)8-24-68)118-50-42-94-86(110)74-35-19-66(58-102)20-36-74/h5-36,51-58,77-80,87-88H,1-4,37-50H2,(H,89,105)(H,90,106)(H,91,107)(H,92,108)(H,93,109)(H,94,110). The van der Waals surface area contributed by atoms with E-state index in [1.165, 1.54) is 194 Å². The van der Waals surface area contributed by atoms with Gasteiger partial charge in [-0.25, -0.2) is 0 Å². The third-order valence-corrected chi connectivity index (χ3v) is 17.9. The predicted octanol–water partition coefficient (Wildman–Crippen LogP) is 7.65. The molecule has 614 valence electrons. The van der Waals surface area contributed by atoms with Crippen molar-refractivity contribution >= 4 is 97.3 Å². The Balaban J connectivity index is 1.28. The van der Waals surface area contributed by atoms with Gasteiger partial charge in [0, 0.05) is 141 Å². The van der Waals surface area contributed by atoms with Crippen LogP contribution in [-0.4, -0.2) is 226 Å². The van der Waals surface area contributed by atoms with Crippen LogP contribution in [0.15, 0.2) is 194 Å². The van der Waals surface area contributed by atoms with Gasteiger partial charge in [0.15, 0.2) is 24.1 Å². The minimum absolute atomic E-state index is 0.0220. The molecule has 8 rings (SSSR count). The number of aldehydes is 8. The molecule has 8 aromatic carbocycles. The molecule has 0 spiro atoms. The number of benzene rings is 8. The smallest absolute Gasteiger partial charge is 0.251 e. The van der Waals surface area contributed by atoms with Gasteiger partial charge >= 0.3 is 0 Å². The highest BCUT2D eigenvalue weighted by Crippen LogP contribution is 2.28. The lowest BCUT2D eigenvalue weighted by Gasteiger charge is -2.42. The molecule has 8 aromatic rings. The first-order valence-electron chi connectivity index (χ1n) is 37.6. The van der Waals surface area contributed by atoms with E-state index in [1.54, 1.807) is 0 Å². The largest absolute Gasteiger partial charge is 0.371 e. The molecule has 118 heavy (non-hydrogen) atoms. The number of amides is 6. The maximum Gasteiger partial charge on any atom is 0.251 e. The summed E-state index contributed by atoms with van der Waals surface area (Å²) in [7, 11) is 0. The van der Waals surface area contributed by atoms with E-state index in [9.17, 15) is 76.7 Å². The summed E-state index contributed by atoms with van der Waals surface area (Å²) in [5.41, 5.74) is 3.81. The lowest BCUT2D eigenvalue weighted by atomic mass is 10.00. The average Bonchev–Trinajstić information content (AvgIpc) is 0.807. The first kappa shape index (κ1) is 90.5. The number of rotatable bonds is 55. The van der Waals surface area contributed by atoms with Crippen molar-refractivity contribution in [3.05, 3.63) is 283 Å². The zero-order valence-corrected chi connectivity index (χ0v) is 64.1. The fourth-order valence-corrected chi connectivity index (χ4v) is 11.5. The van der Waals surface area contributed by atoms with Crippen molar-refractivity contribution in [3.63, 3.8) is 0 Å². The summed E-state index contributed by atoms with van der Waals surface area (Å²) in [6.45, 7) is -5.10. The summed E-state index contributed by atoms with van der Waals surface area (Å²) < 4.78 is 54.8. The van der Waals surface area contributed by atoms with Crippen LogP contribution in [0.2, 0.25) is 0 Å². The van der Waals surface area contributed by atoms with Crippen LogP contribution in [0.25, 0.3) is 0 Å². The lowest BCUT2D eigenvalue weighted by molar-refractivity contribution is -0.282. The minimum atomic E-state index is -1.77. The predicted molar refractivity (Wildman–Crippen MR) is 426 cm³/mol. The maximum absolute atomic E-state index is 14.0. The van der Waals surface area contributed by atoms with E-state index < -0.39 is 112 Å². The summed E-state index contributed by atoms with van der Waals surface area (Å²) in [5, 5.41) is 16.7. The van der Waals surface area contributed by atoms with Gasteiger partial charge < -0.3 is 69.8 Å². The fraction of sp³-hybridized carbons (Fsp3) is 0.273. The van der Waals surface area contributed by atoms with Crippen LogP contribution in [0, 0.1) is 0 Å². The molecule has 0 aliphatic rings. The molecule has 30 heteroatoms. The van der Waals surface area contributed by atoms with Gasteiger partial charge in [-0.2, -0.15) is 0 Å². The van der Waals surface area contributed by atoms with Crippen LogP contribution in [0.3, 0.4) is 0 Å². The first-order valence-corrected chi connectivity index (χ1v) is 37.6. The molecule has 6 N–H and O–H groups in total. The van der Waals surface area contributed by atoms with Crippen molar-refractivity contribution in [1.82, 2.24) is 31.9 Å². The second kappa shape index (κ2) is 49.7. The Bertz CT molecular complexity index is 4220. The second-order valence-electron chi connectivity index (χ2n) is 26.1. The Hall–Kier alpha value is -13.0. The first-order chi connectivity index (χ1) is 57.5. The van der Waals surface area contributed by atoms with Crippen molar-refractivity contribution in [2.24, 2.45) is 0 Å².